The summed E-state index contributed by atoms with van der Waals surface area (Å²) in [6.07, 6.45) is 1.45. The molecule has 780 valence electrons. The third kappa shape index (κ3) is 36.7. The molecule has 2 aliphatic rings. The lowest BCUT2D eigenvalue weighted by Crippen LogP contribution is -2.58. The number of nitrogens with zero attached hydrogens (tertiary/aromatic N) is 12. The quantitative estimate of drug-likeness (QED) is 0.00909. The predicted octanol–water partition coefficient (Wildman–Crippen LogP) is -1.34. The van der Waals surface area contributed by atoms with E-state index in [0.29, 0.717) is 114 Å². The largest absolute Gasteiger partial charge is 0.497 e. The maximum atomic E-state index is 14.4. The van der Waals surface area contributed by atoms with Gasteiger partial charge in [0.15, 0.2) is 58.3 Å². The molecule has 0 bridgehead atoms. The van der Waals surface area contributed by atoms with Gasteiger partial charge >= 0.3 is 11.9 Å². The van der Waals surface area contributed by atoms with Crippen LogP contribution in [-0.2, 0) is 94.2 Å². The molecule has 0 aliphatic carbocycles. The van der Waals surface area contributed by atoms with Crippen molar-refractivity contribution in [1.82, 2.24) is 86.9 Å². The number of anilines is 2. The number of ketones is 3. The maximum Gasteiger partial charge on any atom is 0.326 e. The van der Waals surface area contributed by atoms with Crippen molar-refractivity contribution >= 4 is 128 Å². The zero-order valence-corrected chi connectivity index (χ0v) is 82.3. The van der Waals surface area contributed by atoms with E-state index in [-0.39, 0.29) is 119 Å². The smallest absolute Gasteiger partial charge is 0.326 e. The Morgan fingerprint density at radius 3 is 1.26 bits per heavy atom. The van der Waals surface area contributed by atoms with E-state index in [4.69, 9.17) is 46.6 Å². The first-order valence-corrected chi connectivity index (χ1v) is 47.0. The Balaban J connectivity index is 0.000000389. The SMILES string of the molecule is CCOC(=O)CC(CCCN=C(N)N)C(=O)NCC(=O)NC(CCCCCC(C)=O)C(=O)NC(Cc1ccc(OC)cc1)C(=O)NC1[C@@H](CO)O[C@@H](n2cnc3c(N(C)C)ncnc32)[C@H]1O.COc1ccc(CC(NC(=O)C(CCCCCC(C)=O)NC(=O)CC(NC(=O)CNC(=O)C(CCCN=C(N)N)CC(=O)CC(C)(C)C)C(=O)O)C(=O)NC2[C@@H](CO)O[C@@H](n3cnc4c(N(C)C)ncnc43)[C@H]2O)cc1. The number of unbranched alkanes of at least 4 members (excludes halogenated alkanes) is 4. The first kappa shape index (κ1) is 115. The lowest BCUT2D eigenvalue weighted by molar-refractivity contribution is -0.146. The summed E-state index contributed by atoms with van der Waals surface area (Å²) in [5.74, 6) is -9.27. The molecule has 2 saturated heterocycles. The number of nitrogens with one attached hydrogen (secondary N) is 9. The van der Waals surface area contributed by atoms with E-state index in [1.807, 2.05) is 20.8 Å². The molecule has 15 atom stereocenters. The Morgan fingerprint density at radius 2 is 0.894 bits per heavy atom. The summed E-state index contributed by atoms with van der Waals surface area (Å²) < 4.78 is 30.7. The molecule has 9 amide bonds. The fraction of sp³-hybridized carbons (Fsp3) is 0.591. The molecule has 22 N–H and O–H groups in total. The Hall–Kier alpha value is -13.8. The van der Waals surface area contributed by atoms with E-state index in [0.717, 1.165) is 0 Å². The monoisotopic (exact) mass is 1990 g/mol. The number of ether oxygens (including phenoxy) is 5. The Bertz CT molecular complexity index is 5280. The lowest BCUT2D eigenvalue weighted by atomic mass is 9.86. The summed E-state index contributed by atoms with van der Waals surface area (Å²) in [5.41, 5.74) is 24.0. The maximum absolute atomic E-state index is 14.4. The highest BCUT2D eigenvalue weighted by Crippen LogP contribution is 2.36. The van der Waals surface area contributed by atoms with E-state index in [9.17, 15) is 92.7 Å². The molecule has 9 unspecified atom stereocenters. The van der Waals surface area contributed by atoms with Crippen LogP contribution in [0.4, 0.5) is 11.6 Å². The number of carbonyl (C=O) groups is 14. The van der Waals surface area contributed by atoms with Gasteiger partial charge in [0.05, 0.1) is 84.7 Å². The molecule has 49 heteroatoms. The molecule has 0 saturated carbocycles. The van der Waals surface area contributed by atoms with Crippen molar-refractivity contribution in [3.63, 3.8) is 0 Å². The normalized spacial score (nSPS) is 17.9. The second-order valence-corrected chi connectivity index (χ2v) is 36.3. The average Bonchev–Trinajstić information content (AvgIpc) is 1.62. The molecule has 4 aromatic heterocycles. The number of aliphatic hydroxyl groups excluding tert-OH is 4. The number of esters is 1. The number of imidazole rings is 2. The van der Waals surface area contributed by atoms with Gasteiger partial charge in [-0.25, -0.2) is 34.7 Å². The number of carboxylic acids is 1. The minimum absolute atomic E-state index is 0.0107. The number of aliphatic carboxylic acids is 1. The number of aliphatic hydroxyl groups is 4. The van der Waals surface area contributed by atoms with Crippen molar-refractivity contribution in [2.24, 2.45) is 50.2 Å². The number of Topliss-reactive ketones (excluding diaryl/α,β-unsaturated/α-hetero) is 3. The molecule has 8 rings (SSSR count). The molecule has 2 fully saturated rings. The molecule has 6 heterocycles. The van der Waals surface area contributed by atoms with Crippen LogP contribution in [0.5, 0.6) is 11.5 Å². The van der Waals surface area contributed by atoms with Crippen LogP contribution < -0.4 is 90.1 Å². The molecule has 2 aromatic carbocycles. The number of fused-ring (bicyclic) bond motifs is 2. The second-order valence-electron chi connectivity index (χ2n) is 36.3. The molecular weight excluding hydrogens is 1850 g/mol. The zero-order valence-electron chi connectivity index (χ0n) is 82.3. The van der Waals surface area contributed by atoms with E-state index < -0.39 is 189 Å². The molecule has 49 nitrogen and oxygen atoms in total. The molecule has 0 radical (unpaired) electrons. The average molecular weight is 1990 g/mol. The van der Waals surface area contributed by atoms with Crippen LogP contribution in [0.25, 0.3) is 22.3 Å². The Kier molecular flexibility index (Phi) is 46.4. The highest BCUT2D eigenvalue weighted by atomic mass is 16.6. The van der Waals surface area contributed by atoms with Gasteiger partial charge in [0.2, 0.25) is 53.2 Å². The van der Waals surface area contributed by atoms with Gasteiger partial charge in [-0.2, -0.15) is 0 Å². The van der Waals surface area contributed by atoms with Crippen molar-refractivity contribution in [2.75, 3.05) is 98.2 Å². The minimum atomic E-state index is -1.83. The van der Waals surface area contributed by atoms with E-state index in [1.54, 1.807) is 93.4 Å². The summed E-state index contributed by atoms with van der Waals surface area (Å²) in [7, 11) is 10.1. The molecule has 2 aliphatic heterocycles. The Labute approximate surface area is 821 Å². The molecule has 0 spiro atoms. The van der Waals surface area contributed by atoms with Crippen LogP contribution in [0.15, 0.2) is 83.8 Å². The number of rotatable bonds is 58. The molecule has 142 heavy (non-hydrogen) atoms. The van der Waals surface area contributed by atoms with E-state index >= 15 is 0 Å². The number of aliphatic imine (C=N–C) groups is 2. The van der Waals surface area contributed by atoms with Crippen molar-refractivity contribution in [3.8, 4) is 11.5 Å². The number of carbonyl (C=O) groups excluding carboxylic acids is 13. The van der Waals surface area contributed by atoms with Gasteiger partial charge in [-0.15, -0.1) is 0 Å². The highest BCUT2D eigenvalue weighted by Gasteiger charge is 2.49. The number of guanidine groups is 2. The van der Waals surface area contributed by atoms with Gasteiger partial charge in [-0.3, -0.25) is 71.9 Å². The number of carboxylic acid groups (broad SMARTS) is 1. The van der Waals surface area contributed by atoms with Crippen LogP contribution in [0.2, 0.25) is 0 Å². The third-order valence-corrected chi connectivity index (χ3v) is 23.2. The second kappa shape index (κ2) is 57.2. The number of benzene rings is 2. The lowest BCUT2D eigenvalue weighted by Gasteiger charge is -2.27. The van der Waals surface area contributed by atoms with Crippen LogP contribution in [0, 0.1) is 17.3 Å². The van der Waals surface area contributed by atoms with Crippen LogP contribution >= 0.6 is 0 Å². The van der Waals surface area contributed by atoms with E-state index in [1.165, 1.54) is 62.5 Å². The number of methoxy groups -OCH3 is 2. The molecular formula is C93H139N25O24. The standard InChI is InChI=1S/C50H75N13O13.C43H64N12O11/c1-28(65)12-9-8-10-14-33(58-37(67)22-35(48(73)74)59-38(68)24-54-44(70)30(13-11-19-53-49(51)52)21-31(66)23-50(2,3)4)45(71)60-34(20-29-15-17-32(75-7)18-16-29)46(72)61-39-36(25-64)76-47(41(39)69)63-27-57-40-42(62(5)6)55-26-56-43(40)63;1-6-65-33(59)20-27(12-10-18-46-43(44)45)39(61)47-21-32(58)51-29(13-9-7-8-11-25(2)57)40(62)52-30(19-26-14-16-28(64-5)17-15-26)41(63)53-34-31(22-56)66-42(36(34)60)55-24-50-35-37(54(3)4)48-23-49-38(35)55/h15-18,26-27,30,33-36,39,41,47,64,69H,8-14,19-25H2,1-7H3,(H,54,70)(H,58,67)(H,59,68)(H,60,71)(H,61,72)(H,73,74)(H4,51,52,53);14-17,23-24,27,29-31,34,36,42,56,60H,6-13,18-22H2,1-5H3,(H,47,61)(H,51,58)(H,52,62)(H,53,63)(H4,44,45,46)/t30?,33?,34?,35?,36-,39?,41+,47-;27?,29?,30?,31-,34?,36+,42-/m11/s1. The first-order valence-electron chi connectivity index (χ1n) is 47.0. The van der Waals surface area contributed by atoms with Gasteiger partial charge in [0.1, 0.15) is 96.1 Å². The molecule has 6 aromatic rings. The van der Waals surface area contributed by atoms with Crippen LogP contribution in [0.1, 0.15) is 181 Å². The van der Waals surface area contributed by atoms with Crippen molar-refractivity contribution < 1.29 is 116 Å². The van der Waals surface area contributed by atoms with Gasteiger partial charge in [0, 0.05) is 91.6 Å². The summed E-state index contributed by atoms with van der Waals surface area (Å²) in [4.78, 5) is 222. The summed E-state index contributed by atoms with van der Waals surface area (Å²) in [5, 5.41) is 77.7. The summed E-state index contributed by atoms with van der Waals surface area (Å²) >= 11 is 0. The van der Waals surface area contributed by atoms with Crippen molar-refractivity contribution in [1.29, 1.82) is 0 Å². The van der Waals surface area contributed by atoms with Crippen molar-refractivity contribution in [2.45, 2.75) is 249 Å². The van der Waals surface area contributed by atoms with Crippen LogP contribution in [0.3, 0.4) is 0 Å². The van der Waals surface area contributed by atoms with Gasteiger partial charge in [-0.05, 0) is 113 Å². The third-order valence-electron chi connectivity index (χ3n) is 23.2. The predicted molar refractivity (Wildman–Crippen MR) is 518 cm³/mol. The minimum Gasteiger partial charge on any atom is -0.497 e. The fourth-order valence-corrected chi connectivity index (χ4v) is 16.0. The summed E-state index contributed by atoms with van der Waals surface area (Å²) in [6.45, 7) is 8.26. The first-order chi connectivity index (χ1) is 67.5. The zero-order chi connectivity index (χ0) is 105. The van der Waals surface area contributed by atoms with E-state index in [2.05, 4.69) is 87.7 Å². The number of hydrogen-bond acceptors (Lipinski definition) is 33. The van der Waals surface area contributed by atoms with Gasteiger partial charge < -0.3 is 139 Å². The number of aromatic nitrogens is 8. The number of hydrogen-bond donors (Lipinski definition) is 18. The topological polar surface area (TPSA) is 717 Å². The highest BCUT2D eigenvalue weighted by molar-refractivity contribution is 5.97. The van der Waals surface area contributed by atoms with Crippen molar-refractivity contribution in [3.05, 3.63) is 85.0 Å². The summed E-state index contributed by atoms with van der Waals surface area (Å²) in [6, 6.07) is 3.97. The van der Waals surface area contributed by atoms with Crippen LogP contribution in [-0.4, -0.2) is 314 Å². The number of amides is 9. The Morgan fingerprint density at radius 1 is 0.493 bits per heavy atom. The van der Waals surface area contributed by atoms with Gasteiger partial charge in [0.25, 0.3) is 0 Å². The van der Waals surface area contributed by atoms with Gasteiger partial charge in [-0.1, -0.05) is 70.7 Å². The fourth-order valence-electron chi connectivity index (χ4n) is 16.0. The number of nitrogens with two attached hydrogens (primary N) is 4.